The maximum Gasteiger partial charge on any atom is 0.243 e. The average molecular weight is 375 g/mol. The van der Waals surface area contributed by atoms with E-state index in [9.17, 15) is 14.4 Å². The lowest BCUT2D eigenvalue weighted by atomic mass is 9.85. The smallest absolute Gasteiger partial charge is 0.243 e. The van der Waals surface area contributed by atoms with Crippen LogP contribution in [-0.2, 0) is 14.4 Å². The third-order valence-corrected chi connectivity index (χ3v) is 6.30. The summed E-state index contributed by atoms with van der Waals surface area (Å²) < 4.78 is 0. The van der Waals surface area contributed by atoms with Crippen LogP contribution in [0.15, 0.2) is 12.2 Å². The molecule has 0 aromatic carbocycles. The Morgan fingerprint density at radius 1 is 1.00 bits per heavy atom. The Kier molecular flexibility index (Phi) is 6.72. The zero-order chi connectivity index (χ0) is 19.4. The van der Waals surface area contributed by atoms with E-state index in [2.05, 4.69) is 5.32 Å². The Morgan fingerprint density at radius 2 is 1.52 bits per heavy atom. The lowest BCUT2D eigenvalue weighted by molar-refractivity contribution is -0.148. The average Bonchev–Trinajstić information content (AvgIpc) is 2.86. The van der Waals surface area contributed by atoms with Crippen molar-refractivity contribution in [1.29, 1.82) is 0 Å². The Balaban J connectivity index is 1.73. The number of allylic oxidation sites excluding steroid dienone is 2. The Bertz CT molecular complexity index is 564. The predicted molar refractivity (Wildman–Crippen MR) is 105 cm³/mol. The molecule has 3 amide bonds. The van der Waals surface area contributed by atoms with Crippen LogP contribution in [0.4, 0.5) is 0 Å². The van der Waals surface area contributed by atoms with Crippen LogP contribution in [0.3, 0.4) is 0 Å². The predicted octanol–water partition coefficient (Wildman–Crippen LogP) is 3.58. The summed E-state index contributed by atoms with van der Waals surface area (Å²) in [4.78, 5) is 40.4. The minimum atomic E-state index is -0.666. The molecule has 150 valence electrons. The monoisotopic (exact) mass is 374 g/mol. The van der Waals surface area contributed by atoms with E-state index >= 15 is 0 Å². The number of likely N-dealkylation sites (tertiary alicyclic amines) is 1. The highest BCUT2D eigenvalue weighted by Crippen LogP contribution is 2.37. The molecular formula is C22H34N2O3. The van der Waals surface area contributed by atoms with E-state index in [1.807, 2.05) is 26.0 Å². The molecule has 3 aliphatic rings. The molecule has 1 saturated carbocycles. The first-order valence-electron chi connectivity index (χ1n) is 10.8. The maximum absolute atomic E-state index is 13.2. The largest absolute Gasteiger partial charge is 0.352 e. The third kappa shape index (κ3) is 4.61. The number of imide groups is 1. The Morgan fingerprint density at radius 3 is 2.04 bits per heavy atom. The summed E-state index contributed by atoms with van der Waals surface area (Å²) in [5, 5.41) is 3.19. The van der Waals surface area contributed by atoms with Crippen LogP contribution in [0.5, 0.6) is 0 Å². The van der Waals surface area contributed by atoms with E-state index in [0.29, 0.717) is 19.3 Å². The van der Waals surface area contributed by atoms with E-state index in [0.717, 1.165) is 25.7 Å². The maximum atomic E-state index is 13.2. The highest BCUT2D eigenvalue weighted by atomic mass is 16.2. The Labute approximate surface area is 162 Å². The lowest BCUT2D eigenvalue weighted by Gasteiger charge is -2.30. The van der Waals surface area contributed by atoms with Gasteiger partial charge in [0.1, 0.15) is 6.04 Å². The van der Waals surface area contributed by atoms with Gasteiger partial charge >= 0.3 is 0 Å². The minimum absolute atomic E-state index is 0.137. The summed E-state index contributed by atoms with van der Waals surface area (Å²) in [5.74, 6) is -0.736. The second kappa shape index (κ2) is 9.03. The van der Waals surface area contributed by atoms with Gasteiger partial charge in [-0.05, 0) is 38.0 Å². The molecule has 0 aromatic heterocycles. The van der Waals surface area contributed by atoms with Gasteiger partial charge in [0.15, 0.2) is 0 Å². The lowest BCUT2D eigenvalue weighted by Crippen LogP contribution is -2.52. The third-order valence-electron chi connectivity index (χ3n) is 6.30. The van der Waals surface area contributed by atoms with E-state index in [4.69, 9.17) is 0 Å². The van der Waals surface area contributed by atoms with Gasteiger partial charge in [0, 0.05) is 6.04 Å². The van der Waals surface area contributed by atoms with Crippen LogP contribution < -0.4 is 5.32 Å². The summed E-state index contributed by atoms with van der Waals surface area (Å²) in [7, 11) is 0. The molecule has 5 heteroatoms. The van der Waals surface area contributed by atoms with Gasteiger partial charge in [0.05, 0.1) is 11.8 Å². The summed E-state index contributed by atoms with van der Waals surface area (Å²) in [6, 6.07) is -0.495. The zero-order valence-electron chi connectivity index (χ0n) is 16.8. The molecule has 2 fully saturated rings. The second-order valence-electron chi connectivity index (χ2n) is 8.90. The van der Waals surface area contributed by atoms with Crippen LogP contribution in [0, 0.1) is 17.8 Å². The summed E-state index contributed by atoms with van der Waals surface area (Å²) in [5.41, 5.74) is 0. The highest BCUT2D eigenvalue weighted by molar-refractivity contribution is 6.08. The molecule has 27 heavy (non-hydrogen) atoms. The number of hydrogen-bond donors (Lipinski definition) is 1. The standard InChI is InChI=1S/C22H34N2O3/c1-15(2)14-19(20(25)23-16-10-6-4-3-5-7-11-16)24-21(26)17-12-8-9-13-18(17)22(24)27/h8-9,15-19H,3-7,10-14H2,1-2H3,(H,23,25)/t17-,18-,19-/m1/s1. The molecule has 0 bridgehead atoms. The topological polar surface area (TPSA) is 66.5 Å². The van der Waals surface area contributed by atoms with Crippen molar-refractivity contribution < 1.29 is 14.4 Å². The van der Waals surface area contributed by atoms with Gasteiger partial charge in [0.25, 0.3) is 0 Å². The molecule has 0 unspecified atom stereocenters. The molecular weight excluding hydrogens is 340 g/mol. The molecule has 5 nitrogen and oxygen atoms in total. The van der Waals surface area contributed by atoms with Gasteiger partial charge in [-0.25, -0.2) is 0 Å². The molecule has 2 aliphatic carbocycles. The van der Waals surface area contributed by atoms with Crippen LogP contribution in [-0.4, -0.2) is 34.7 Å². The number of hydrogen-bond acceptors (Lipinski definition) is 3. The van der Waals surface area contributed by atoms with E-state index in [1.54, 1.807) is 0 Å². The summed E-state index contributed by atoms with van der Waals surface area (Å²) in [6.07, 6.45) is 13.7. The molecule has 1 N–H and O–H groups in total. The number of carbonyl (C=O) groups is 3. The molecule has 1 aliphatic heterocycles. The fourth-order valence-electron chi connectivity index (χ4n) is 4.81. The highest BCUT2D eigenvalue weighted by Gasteiger charge is 2.51. The van der Waals surface area contributed by atoms with E-state index in [1.165, 1.54) is 24.2 Å². The van der Waals surface area contributed by atoms with Gasteiger partial charge in [-0.3, -0.25) is 19.3 Å². The number of nitrogens with one attached hydrogen (secondary N) is 1. The van der Waals surface area contributed by atoms with Crippen molar-refractivity contribution in [1.82, 2.24) is 10.2 Å². The van der Waals surface area contributed by atoms with Gasteiger partial charge in [0.2, 0.25) is 17.7 Å². The number of rotatable bonds is 5. The normalized spacial score (nSPS) is 28.0. The summed E-state index contributed by atoms with van der Waals surface area (Å²) in [6.45, 7) is 4.07. The quantitative estimate of drug-likeness (QED) is 0.591. The van der Waals surface area contributed by atoms with Crippen LogP contribution in [0.2, 0.25) is 0 Å². The van der Waals surface area contributed by atoms with Gasteiger partial charge in [-0.1, -0.05) is 58.1 Å². The molecule has 0 spiro atoms. The molecule has 1 saturated heterocycles. The van der Waals surface area contributed by atoms with Crippen LogP contribution in [0.25, 0.3) is 0 Å². The van der Waals surface area contributed by atoms with Gasteiger partial charge < -0.3 is 5.32 Å². The Hall–Kier alpha value is -1.65. The number of nitrogens with zero attached hydrogens (tertiary/aromatic N) is 1. The van der Waals surface area contributed by atoms with Crippen molar-refractivity contribution >= 4 is 17.7 Å². The molecule has 0 radical (unpaired) electrons. The summed E-state index contributed by atoms with van der Waals surface area (Å²) >= 11 is 0. The zero-order valence-corrected chi connectivity index (χ0v) is 16.8. The van der Waals surface area contributed by atoms with E-state index < -0.39 is 6.04 Å². The first-order chi connectivity index (χ1) is 13.0. The van der Waals surface area contributed by atoms with Gasteiger partial charge in [-0.2, -0.15) is 0 Å². The minimum Gasteiger partial charge on any atom is -0.352 e. The van der Waals surface area contributed by atoms with Crippen molar-refractivity contribution in [2.75, 3.05) is 0 Å². The van der Waals surface area contributed by atoms with Crippen LogP contribution >= 0.6 is 0 Å². The number of amides is 3. The van der Waals surface area contributed by atoms with Crippen molar-refractivity contribution in [3.8, 4) is 0 Å². The van der Waals surface area contributed by atoms with Gasteiger partial charge in [-0.15, -0.1) is 0 Å². The fourth-order valence-corrected chi connectivity index (χ4v) is 4.81. The molecule has 3 atom stereocenters. The van der Waals surface area contributed by atoms with Crippen molar-refractivity contribution in [3.63, 3.8) is 0 Å². The fraction of sp³-hybridized carbons (Fsp3) is 0.773. The van der Waals surface area contributed by atoms with E-state index in [-0.39, 0.29) is 41.5 Å². The second-order valence-corrected chi connectivity index (χ2v) is 8.90. The van der Waals surface area contributed by atoms with Crippen molar-refractivity contribution in [2.24, 2.45) is 17.8 Å². The molecule has 1 heterocycles. The molecule has 3 rings (SSSR count). The van der Waals surface area contributed by atoms with Crippen molar-refractivity contribution in [3.05, 3.63) is 12.2 Å². The first-order valence-corrected chi connectivity index (χ1v) is 10.8. The number of fused-ring (bicyclic) bond motifs is 1. The SMILES string of the molecule is CC(C)C[C@H](C(=O)NC1CCCCCCC1)N1C(=O)[C@@H]2CC=CC[C@H]2C1=O. The number of carbonyl (C=O) groups excluding carboxylic acids is 3. The van der Waals surface area contributed by atoms with Crippen molar-refractivity contribution in [2.45, 2.75) is 90.1 Å². The first kappa shape index (κ1) is 20.1. The molecule has 0 aromatic rings. The van der Waals surface area contributed by atoms with Crippen LogP contribution in [0.1, 0.15) is 78.1 Å².